The molecule has 3 aromatic carbocycles. The van der Waals surface area contributed by atoms with Gasteiger partial charge in [-0.1, -0.05) is 39.3 Å². The lowest BCUT2D eigenvalue weighted by Crippen LogP contribution is -3.10. The van der Waals surface area contributed by atoms with Crippen molar-refractivity contribution in [1.82, 2.24) is 0 Å². The van der Waals surface area contributed by atoms with E-state index in [0.717, 1.165) is 36.1 Å². The summed E-state index contributed by atoms with van der Waals surface area (Å²) in [5.41, 5.74) is 0.150. The van der Waals surface area contributed by atoms with Crippen molar-refractivity contribution in [3.8, 4) is 23.0 Å². The maximum atomic E-state index is 14.5. The van der Waals surface area contributed by atoms with Gasteiger partial charge in [-0.2, -0.15) is 13.2 Å². The van der Waals surface area contributed by atoms with E-state index in [1.54, 1.807) is 36.4 Å². The largest absolute Gasteiger partial charge is 0.494 e. The summed E-state index contributed by atoms with van der Waals surface area (Å²) in [5.74, 6) is -2.54. The van der Waals surface area contributed by atoms with Crippen LogP contribution in [0.3, 0.4) is 0 Å². The lowest BCUT2D eigenvalue weighted by Gasteiger charge is -2.21. The van der Waals surface area contributed by atoms with E-state index in [1.165, 1.54) is 24.3 Å². The average Bonchev–Trinajstić information content (AvgIpc) is 3.00. The van der Waals surface area contributed by atoms with E-state index in [1.807, 2.05) is 27.7 Å². The molecular weight excluding hydrogens is 587 g/mol. The lowest BCUT2D eigenvalue weighted by molar-refractivity contribution is -0.913. The predicted molar refractivity (Wildman–Crippen MR) is 166 cm³/mol. The smallest absolute Gasteiger partial charge is 0.453 e. The van der Waals surface area contributed by atoms with Crippen LogP contribution in [0.1, 0.15) is 74.2 Å². The summed E-state index contributed by atoms with van der Waals surface area (Å²) in [7, 11) is 0. The highest BCUT2D eigenvalue weighted by Crippen LogP contribution is 2.40. The molecule has 0 amide bonds. The van der Waals surface area contributed by atoms with Gasteiger partial charge in [0.25, 0.3) is 5.76 Å². The van der Waals surface area contributed by atoms with Crippen molar-refractivity contribution in [2.75, 3.05) is 19.7 Å². The third kappa shape index (κ3) is 8.25. The fourth-order valence-corrected chi connectivity index (χ4v) is 5.22. The van der Waals surface area contributed by atoms with E-state index in [0.29, 0.717) is 25.4 Å². The molecule has 0 aliphatic heterocycles. The number of carbonyl (C=O) groups is 1. The fraction of sp³-hybridized carbons (Fsp3) is 0.371. The number of benzene rings is 3. The number of alkyl halides is 3. The molecular formula is C35H39F3NO6+. The first-order chi connectivity index (χ1) is 21.6. The van der Waals surface area contributed by atoms with E-state index in [2.05, 4.69) is 0 Å². The average molecular weight is 627 g/mol. The van der Waals surface area contributed by atoms with E-state index >= 15 is 0 Å². The van der Waals surface area contributed by atoms with Gasteiger partial charge in [0, 0.05) is 0 Å². The molecule has 0 unspecified atom stereocenters. The van der Waals surface area contributed by atoms with Crippen molar-refractivity contribution in [2.45, 2.75) is 66.1 Å². The van der Waals surface area contributed by atoms with Crippen LogP contribution in [-0.2, 0) is 19.1 Å². The van der Waals surface area contributed by atoms with Crippen molar-refractivity contribution >= 4 is 16.9 Å². The first-order valence-corrected chi connectivity index (χ1v) is 15.3. The molecule has 1 N–H and O–H groups in total. The summed E-state index contributed by atoms with van der Waals surface area (Å²) in [6.45, 7) is 9.92. The van der Waals surface area contributed by atoms with Crippen molar-refractivity contribution in [2.24, 2.45) is 0 Å². The van der Waals surface area contributed by atoms with Crippen molar-refractivity contribution in [3.05, 3.63) is 93.3 Å². The van der Waals surface area contributed by atoms with E-state index < -0.39 is 29.1 Å². The zero-order chi connectivity index (χ0) is 32.6. The molecule has 0 saturated carbocycles. The second-order valence-corrected chi connectivity index (χ2v) is 10.8. The van der Waals surface area contributed by atoms with Crippen LogP contribution in [0.5, 0.6) is 23.0 Å². The minimum Gasteiger partial charge on any atom is -0.494 e. The van der Waals surface area contributed by atoms with E-state index in [-0.39, 0.29) is 40.1 Å². The Hall–Kier alpha value is -4.31. The minimum atomic E-state index is -5.05. The summed E-state index contributed by atoms with van der Waals surface area (Å²) in [6.07, 6.45) is -1.71. The van der Waals surface area contributed by atoms with Gasteiger partial charge < -0.3 is 23.5 Å². The molecule has 1 heterocycles. The van der Waals surface area contributed by atoms with E-state index in [9.17, 15) is 22.8 Å². The van der Waals surface area contributed by atoms with Gasteiger partial charge in [0.15, 0.2) is 5.58 Å². The van der Waals surface area contributed by atoms with Crippen LogP contribution in [0.4, 0.5) is 13.2 Å². The highest BCUT2D eigenvalue weighted by molar-refractivity contribution is 5.92. The molecule has 240 valence electrons. The Morgan fingerprint density at radius 1 is 0.844 bits per heavy atom. The molecule has 45 heavy (non-hydrogen) atoms. The van der Waals surface area contributed by atoms with Gasteiger partial charge in [-0.05, 0) is 80.3 Å². The molecule has 0 fully saturated rings. The Bertz CT molecular complexity index is 1640. The number of halogens is 3. The number of esters is 1. The van der Waals surface area contributed by atoms with Crippen LogP contribution >= 0.6 is 0 Å². The van der Waals surface area contributed by atoms with Gasteiger partial charge in [-0.15, -0.1) is 0 Å². The maximum absolute atomic E-state index is 14.5. The van der Waals surface area contributed by atoms with Gasteiger partial charge >= 0.3 is 12.1 Å². The topological polar surface area (TPSA) is 79.4 Å². The molecule has 1 aromatic heterocycles. The molecule has 0 spiro atoms. The Labute approximate surface area is 260 Å². The number of aryl methyl sites for hydroxylation is 1. The first kappa shape index (κ1) is 33.6. The third-order valence-corrected chi connectivity index (χ3v) is 7.26. The summed E-state index contributed by atoms with van der Waals surface area (Å²) in [4.78, 5) is 27.9. The van der Waals surface area contributed by atoms with Crippen molar-refractivity contribution < 1.29 is 41.5 Å². The standard InChI is InChI=1S/C35H38F3NO6/c1-5-9-23-10-14-26(15-11-23)43-32-30(40)27-18-19-29(44-34(41)24-12-16-25(17-13-24)42-8-4)28(22-39(20-6-2)21-7-3)31(27)45-33(32)35(36,37)38/h10-19H,5-9,20-22H2,1-4H3/p+1. The molecule has 0 radical (unpaired) electrons. The Morgan fingerprint density at radius 2 is 1.49 bits per heavy atom. The second-order valence-electron chi connectivity index (χ2n) is 10.8. The zero-order valence-corrected chi connectivity index (χ0v) is 26.0. The summed E-state index contributed by atoms with van der Waals surface area (Å²) in [6, 6.07) is 15.6. The molecule has 0 aliphatic rings. The molecule has 0 aliphatic carbocycles. The number of fused-ring (bicyclic) bond motifs is 1. The van der Waals surface area contributed by atoms with Crippen LogP contribution in [0.25, 0.3) is 11.0 Å². The maximum Gasteiger partial charge on any atom is 0.453 e. The molecule has 0 atom stereocenters. The van der Waals surface area contributed by atoms with Crippen molar-refractivity contribution in [1.29, 1.82) is 0 Å². The number of rotatable bonds is 14. The summed E-state index contributed by atoms with van der Waals surface area (Å²) >= 11 is 0. The molecule has 0 saturated heterocycles. The summed E-state index contributed by atoms with van der Waals surface area (Å²) in [5, 5.41) is -0.108. The van der Waals surface area contributed by atoms with Crippen LogP contribution in [0.2, 0.25) is 0 Å². The normalized spacial score (nSPS) is 11.6. The number of quaternary nitrogens is 1. The number of hydrogen-bond acceptors (Lipinski definition) is 6. The number of hydrogen-bond donors (Lipinski definition) is 1. The third-order valence-electron chi connectivity index (χ3n) is 7.26. The summed E-state index contributed by atoms with van der Waals surface area (Å²) < 4.78 is 65.7. The molecule has 7 nitrogen and oxygen atoms in total. The molecule has 4 aromatic rings. The Balaban J connectivity index is 1.84. The van der Waals surface area contributed by atoms with Gasteiger partial charge in [0.2, 0.25) is 11.2 Å². The fourth-order valence-electron chi connectivity index (χ4n) is 5.22. The van der Waals surface area contributed by atoms with Gasteiger partial charge in [0.05, 0.1) is 36.2 Å². The number of nitrogens with one attached hydrogen (secondary N) is 1. The predicted octanol–water partition coefficient (Wildman–Crippen LogP) is 7.38. The highest BCUT2D eigenvalue weighted by Gasteiger charge is 2.41. The number of carbonyl (C=O) groups excluding carboxylic acids is 1. The van der Waals surface area contributed by atoms with Gasteiger partial charge in [-0.25, -0.2) is 4.79 Å². The van der Waals surface area contributed by atoms with Crippen LogP contribution in [-0.4, -0.2) is 25.7 Å². The highest BCUT2D eigenvalue weighted by atomic mass is 19.4. The number of ether oxygens (including phenoxy) is 3. The van der Waals surface area contributed by atoms with Gasteiger partial charge in [-0.3, -0.25) is 4.79 Å². The molecule has 4 rings (SSSR count). The van der Waals surface area contributed by atoms with Crippen LogP contribution in [0.15, 0.2) is 69.9 Å². The molecule has 10 heteroatoms. The monoisotopic (exact) mass is 626 g/mol. The Kier molecular flexibility index (Phi) is 11.3. The first-order valence-electron chi connectivity index (χ1n) is 15.3. The zero-order valence-electron chi connectivity index (χ0n) is 26.0. The Morgan fingerprint density at radius 3 is 2.07 bits per heavy atom. The van der Waals surface area contributed by atoms with Gasteiger partial charge in [0.1, 0.15) is 23.8 Å². The second kappa shape index (κ2) is 15.1. The molecule has 0 bridgehead atoms. The SMILES string of the molecule is CCCc1ccc(Oc2c(C(F)(F)F)oc3c(C[NH+](CCC)CCC)c(OC(=O)c4ccc(OCC)cc4)ccc3c2=O)cc1. The minimum absolute atomic E-state index is 0.0162. The van der Waals surface area contributed by atoms with Crippen molar-refractivity contribution in [3.63, 3.8) is 0 Å². The van der Waals surface area contributed by atoms with E-state index in [4.69, 9.17) is 18.6 Å². The van der Waals surface area contributed by atoms with Crippen LogP contribution < -0.4 is 24.5 Å². The quantitative estimate of drug-likeness (QED) is 0.116. The lowest BCUT2D eigenvalue weighted by atomic mass is 10.1. The van der Waals surface area contributed by atoms with Crippen LogP contribution in [0, 0.1) is 0 Å².